The second-order valence-electron chi connectivity index (χ2n) is 13.9. The maximum absolute atomic E-state index is 14.0. The first-order valence-corrected chi connectivity index (χ1v) is 18.1. The predicted octanol–water partition coefficient (Wildman–Crippen LogP) is 6.00. The molecule has 53 heavy (non-hydrogen) atoms. The summed E-state index contributed by atoms with van der Waals surface area (Å²) in [5, 5.41) is 7.46. The molecule has 0 bridgehead atoms. The molecule has 1 N–H and O–H groups in total. The molecule has 1 amide bonds. The van der Waals surface area contributed by atoms with Gasteiger partial charge in [0.1, 0.15) is 15.8 Å². The number of hydrogen-bond acceptors (Lipinski definition) is 6. The molecule has 16 heteroatoms. The van der Waals surface area contributed by atoms with Crippen molar-refractivity contribution in [1.82, 2.24) is 24.2 Å². The monoisotopic (exact) mass is 747 g/mol. The molecule has 0 radical (unpaired) electrons. The lowest BCUT2D eigenvalue weighted by Gasteiger charge is -2.25. The molecule has 7 rings (SSSR count). The zero-order valence-corrected chi connectivity index (χ0v) is 29.8. The van der Waals surface area contributed by atoms with Crippen LogP contribution >= 0.6 is 0 Å². The average molecular weight is 748 g/mol. The third kappa shape index (κ3) is 7.82. The molecule has 3 atom stereocenters. The molecule has 1 unspecified atom stereocenters. The van der Waals surface area contributed by atoms with Crippen molar-refractivity contribution >= 4 is 21.8 Å². The van der Waals surface area contributed by atoms with Gasteiger partial charge in [-0.15, -0.1) is 0 Å². The molecule has 3 heterocycles. The number of rotatable bonds is 5. The van der Waals surface area contributed by atoms with E-state index in [1.165, 1.54) is 47.3 Å². The molecule has 5 aromatic rings. The quantitative estimate of drug-likeness (QED) is 0.133. The number of carbonyl (C=O) groups is 1. The van der Waals surface area contributed by atoms with Crippen LogP contribution in [-0.4, -0.2) is 75.6 Å². The Labute approximate surface area is 303 Å². The highest BCUT2D eigenvalue weighted by atomic mass is 32.2. The third-order valence-corrected chi connectivity index (χ3v) is 10.5. The third-order valence-electron chi connectivity index (χ3n) is 9.69. The van der Waals surface area contributed by atoms with E-state index in [1.54, 1.807) is 43.3 Å². The minimum Gasteiger partial charge on any atom is -0.744 e. The Hall–Kier alpha value is -5.50. The SMILES string of the molecule is O=S(=O)([O-])c1ccccc1.[C-]#[N+]c1ccc(-n2nccc2-c2c(C)n(-c3cccc(C(F)(F)F)c3)c(=O)n2C(=O)NC2C[C@@H]3C[N+](C)(C)C[C@@H]3C2)cc1. The lowest BCUT2D eigenvalue weighted by Crippen LogP contribution is -2.43. The molecule has 1 aliphatic carbocycles. The van der Waals surface area contributed by atoms with Crippen molar-refractivity contribution in [3.8, 4) is 22.8 Å². The Morgan fingerprint density at radius 2 is 1.60 bits per heavy atom. The fraction of sp³-hybridized carbons (Fsp3) is 0.297. The van der Waals surface area contributed by atoms with Gasteiger partial charge in [0, 0.05) is 17.9 Å². The van der Waals surface area contributed by atoms with Crippen LogP contribution in [-0.2, 0) is 16.3 Å². The summed E-state index contributed by atoms with van der Waals surface area (Å²) in [5.74, 6) is 0.959. The topological polar surface area (TPSA) is 135 Å². The van der Waals surface area contributed by atoms with Gasteiger partial charge < -0.3 is 14.4 Å². The van der Waals surface area contributed by atoms with Crippen molar-refractivity contribution in [2.45, 2.75) is 36.9 Å². The Kier molecular flexibility index (Phi) is 9.94. The summed E-state index contributed by atoms with van der Waals surface area (Å²) in [6.07, 6.45) is -1.48. The highest BCUT2D eigenvalue weighted by Crippen LogP contribution is 2.40. The molecule has 1 saturated heterocycles. The number of halogens is 3. The summed E-state index contributed by atoms with van der Waals surface area (Å²) in [4.78, 5) is 31.2. The van der Waals surface area contributed by atoms with E-state index < -0.39 is 33.6 Å². The molecule has 2 aromatic heterocycles. The number of likely N-dealkylation sites (tertiary alicyclic amines) is 1. The molecule has 276 valence electrons. The molecule has 2 fully saturated rings. The molecule has 1 aliphatic heterocycles. The highest BCUT2D eigenvalue weighted by molar-refractivity contribution is 7.85. The maximum Gasteiger partial charge on any atom is 0.416 e. The van der Waals surface area contributed by atoms with Gasteiger partial charge in [-0.25, -0.2) is 32.1 Å². The van der Waals surface area contributed by atoms with Crippen LogP contribution in [0.3, 0.4) is 0 Å². The molecule has 2 aliphatic rings. The van der Waals surface area contributed by atoms with Crippen LogP contribution in [0.2, 0.25) is 0 Å². The van der Waals surface area contributed by atoms with Crippen molar-refractivity contribution < 1.29 is 35.4 Å². The number of hydrogen-bond donors (Lipinski definition) is 1. The van der Waals surface area contributed by atoms with Crippen LogP contribution in [0, 0.1) is 25.3 Å². The predicted molar refractivity (Wildman–Crippen MR) is 189 cm³/mol. The summed E-state index contributed by atoms with van der Waals surface area (Å²) >= 11 is 0. The Morgan fingerprint density at radius 3 is 2.17 bits per heavy atom. The van der Waals surface area contributed by atoms with E-state index in [4.69, 9.17) is 6.57 Å². The van der Waals surface area contributed by atoms with Crippen LogP contribution in [0.5, 0.6) is 0 Å². The number of quaternary nitrogens is 1. The van der Waals surface area contributed by atoms with E-state index >= 15 is 0 Å². The first-order valence-electron chi connectivity index (χ1n) is 16.6. The smallest absolute Gasteiger partial charge is 0.416 e. The van der Waals surface area contributed by atoms with E-state index in [9.17, 15) is 35.7 Å². The maximum atomic E-state index is 14.0. The number of carbonyl (C=O) groups excluding carboxylic acids is 1. The average Bonchev–Trinajstić information content (AvgIpc) is 3.85. The molecule has 12 nitrogen and oxygen atoms in total. The second kappa shape index (κ2) is 14.1. The minimum atomic E-state index is -4.61. The Bertz CT molecular complexity index is 2340. The lowest BCUT2D eigenvalue weighted by molar-refractivity contribution is -0.881. The van der Waals surface area contributed by atoms with Crippen molar-refractivity contribution in [2.24, 2.45) is 11.8 Å². The summed E-state index contributed by atoms with van der Waals surface area (Å²) in [5.41, 5.74) is 0.215. The van der Waals surface area contributed by atoms with Gasteiger partial charge in [-0.1, -0.05) is 36.4 Å². The number of amides is 1. The number of imidazole rings is 1. The van der Waals surface area contributed by atoms with Gasteiger partial charge in [0.05, 0.1) is 73.2 Å². The van der Waals surface area contributed by atoms with Gasteiger partial charge in [-0.2, -0.15) is 18.3 Å². The first kappa shape index (κ1) is 37.3. The van der Waals surface area contributed by atoms with Gasteiger partial charge in [0.15, 0.2) is 5.69 Å². The molecule has 1 saturated carbocycles. The van der Waals surface area contributed by atoms with Crippen LogP contribution in [0.25, 0.3) is 27.6 Å². The van der Waals surface area contributed by atoms with Crippen LogP contribution in [0.15, 0.2) is 101 Å². The van der Waals surface area contributed by atoms with Crippen LogP contribution in [0.4, 0.5) is 23.7 Å². The van der Waals surface area contributed by atoms with Gasteiger partial charge in [0.25, 0.3) is 0 Å². The minimum absolute atomic E-state index is 0.00648. The number of aromatic nitrogens is 4. The Balaban J connectivity index is 0.000000417. The van der Waals surface area contributed by atoms with Crippen molar-refractivity contribution in [1.29, 1.82) is 0 Å². The first-order chi connectivity index (χ1) is 25.0. The summed E-state index contributed by atoms with van der Waals surface area (Å²) < 4.78 is 76.2. The Morgan fingerprint density at radius 1 is 0.962 bits per heavy atom. The number of nitrogens with one attached hydrogen (secondary N) is 1. The summed E-state index contributed by atoms with van der Waals surface area (Å²) in [6, 6.07) is 19.2. The number of nitrogens with zero attached hydrogens (tertiary/aromatic N) is 6. The normalized spacial score (nSPS) is 19.2. The molecule has 3 aromatic carbocycles. The van der Waals surface area contributed by atoms with Crippen molar-refractivity contribution in [3.05, 3.63) is 124 Å². The fourth-order valence-electron chi connectivity index (χ4n) is 7.52. The largest absolute Gasteiger partial charge is 0.744 e. The van der Waals surface area contributed by atoms with Gasteiger partial charge in [-0.05, 0) is 68.3 Å². The number of alkyl halides is 3. The van der Waals surface area contributed by atoms with Gasteiger partial charge in [-0.3, -0.25) is 4.57 Å². The van der Waals surface area contributed by atoms with Crippen LogP contribution in [0.1, 0.15) is 24.1 Å². The van der Waals surface area contributed by atoms with E-state index in [-0.39, 0.29) is 28.0 Å². The molecular formula is C37H36F3N7O5S. The standard InChI is InChI=1S/C31H30F3N7O2.C6H6O3S/c1-19-28(27-12-13-36-40(27)25-10-8-23(35-2)9-11-25)39(29(42)37-24-14-20-17-41(3,4)18-21(20)15-24)30(43)38(19)26-7-5-6-22(16-26)31(32,33)34;7-10(8,9)6-4-2-1-3-5-6/h5-13,16,20-21,24H,14-15,17-18H2,1,3-4H3;1-5H,(H,7,8,9)/t20-,21+,24?;. The van der Waals surface area contributed by atoms with E-state index in [1.807, 2.05) is 0 Å². The number of benzene rings is 3. The molecular weight excluding hydrogens is 712 g/mol. The van der Waals surface area contributed by atoms with Gasteiger partial charge in [0.2, 0.25) is 0 Å². The van der Waals surface area contributed by atoms with Crippen molar-refractivity contribution in [2.75, 3.05) is 27.2 Å². The van der Waals surface area contributed by atoms with E-state index in [2.05, 4.69) is 29.4 Å². The van der Waals surface area contributed by atoms with Crippen molar-refractivity contribution in [3.63, 3.8) is 0 Å². The summed E-state index contributed by atoms with van der Waals surface area (Å²) in [6.45, 7) is 10.9. The van der Waals surface area contributed by atoms with E-state index in [0.29, 0.717) is 28.9 Å². The molecule has 0 spiro atoms. The summed E-state index contributed by atoms with van der Waals surface area (Å²) in [7, 11) is 0.155. The second-order valence-corrected chi connectivity index (χ2v) is 15.3. The highest BCUT2D eigenvalue weighted by Gasteiger charge is 2.47. The zero-order valence-electron chi connectivity index (χ0n) is 29.0. The van der Waals surface area contributed by atoms with E-state index in [0.717, 1.165) is 51.7 Å². The number of fused-ring (bicyclic) bond motifs is 1. The van der Waals surface area contributed by atoms with Gasteiger partial charge >= 0.3 is 17.9 Å². The lowest BCUT2D eigenvalue weighted by atomic mass is 10.0. The fourth-order valence-corrected chi connectivity index (χ4v) is 8.02. The van der Waals surface area contributed by atoms with Crippen LogP contribution < -0.4 is 11.0 Å². The zero-order chi connectivity index (χ0) is 38.3.